The first-order valence-corrected chi connectivity index (χ1v) is 7.14. The summed E-state index contributed by atoms with van der Waals surface area (Å²) >= 11 is 0. The zero-order valence-electron chi connectivity index (χ0n) is 12.7. The number of benzene rings is 1. The molecule has 0 saturated carbocycles. The highest BCUT2D eigenvalue weighted by atomic mass is 16.1. The second kappa shape index (κ2) is 6.04. The van der Waals surface area contributed by atoms with E-state index in [0.717, 1.165) is 35.4 Å². The van der Waals surface area contributed by atoms with Crippen molar-refractivity contribution in [1.82, 2.24) is 9.78 Å². The molecule has 3 nitrogen and oxygen atoms in total. The van der Waals surface area contributed by atoms with Crippen LogP contribution >= 0.6 is 0 Å². The quantitative estimate of drug-likeness (QED) is 0.780. The number of carbonyl (C=O) groups excluding carboxylic acids is 1. The monoisotopic (exact) mass is 270 g/mol. The maximum Gasteiger partial charge on any atom is 0.167 e. The van der Waals surface area contributed by atoms with Crippen LogP contribution < -0.4 is 0 Å². The van der Waals surface area contributed by atoms with Gasteiger partial charge in [0.2, 0.25) is 0 Å². The molecule has 3 heteroatoms. The lowest BCUT2D eigenvalue weighted by Gasteiger charge is -2.04. The van der Waals surface area contributed by atoms with Crippen LogP contribution in [-0.2, 0) is 19.9 Å². The van der Waals surface area contributed by atoms with E-state index in [-0.39, 0.29) is 5.78 Å². The van der Waals surface area contributed by atoms with Crippen LogP contribution in [0.2, 0.25) is 0 Å². The van der Waals surface area contributed by atoms with E-state index in [4.69, 9.17) is 0 Å². The van der Waals surface area contributed by atoms with Crippen LogP contribution in [0.25, 0.3) is 0 Å². The first-order chi connectivity index (χ1) is 9.52. The van der Waals surface area contributed by atoms with Crippen molar-refractivity contribution in [3.05, 3.63) is 52.3 Å². The van der Waals surface area contributed by atoms with Gasteiger partial charge in [-0.15, -0.1) is 0 Å². The van der Waals surface area contributed by atoms with Crippen molar-refractivity contribution in [2.45, 2.75) is 40.0 Å². The molecule has 0 saturated heterocycles. The van der Waals surface area contributed by atoms with Gasteiger partial charge in [-0.2, -0.15) is 5.10 Å². The molecule has 0 radical (unpaired) electrons. The summed E-state index contributed by atoms with van der Waals surface area (Å²) in [6.45, 7) is 6.12. The highest BCUT2D eigenvalue weighted by Gasteiger charge is 2.14. The Kier molecular flexibility index (Phi) is 4.38. The predicted octanol–water partition coefficient (Wildman–Crippen LogP) is 3.41. The fraction of sp³-hybridized carbons (Fsp3) is 0.412. The largest absolute Gasteiger partial charge is 0.294 e. The van der Waals surface area contributed by atoms with E-state index in [2.05, 4.69) is 24.2 Å². The Hall–Kier alpha value is -1.90. The van der Waals surface area contributed by atoms with Crippen LogP contribution in [0, 0.1) is 13.8 Å². The van der Waals surface area contributed by atoms with Crippen LogP contribution in [0.15, 0.2) is 24.3 Å². The van der Waals surface area contributed by atoms with Gasteiger partial charge < -0.3 is 0 Å². The smallest absolute Gasteiger partial charge is 0.167 e. The van der Waals surface area contributed by atoms with E-state index in [0.29, 0.717) is 6.42 Å². The van der Waals surface area contributed by atoms with E-state index < -0.39 is 0 Å². The van der Waals surface area contributed by atoms with Crippen molar-refractivity contribution in [1.29, 1.82) is 0 Å². The first kappa shape index (κ1) is 14.5. The van der Waals surface area contributed by atoms with E-state index >= 15 is 0 Å². The first-order valence-electron chi connectivity index (χ1n) is 7.14. The average Bonchev–Trinajstić information content (AvgIpc) is 2.66. The Bertz CT molecular complexity index is 609. The standard InChI is InChI=1S/C17H22N2O/c1-5-6-14-7-9-15(10-8-14)17(20)11-16-12(2)18-19(4)13(16)3/h7-10H,5-6,11H2,1-4H3. The molecule has 1 heterocycles. The van der Waals surface area contributed by atoms with E-state index in [1.807, 2.05) is 37.7 Å². The molecule has 0 aliphatic heterocycles. The molecule has 1 aromatic heterocycles. The van der Waals surface area contributed by atoms with E-state index in [9.17, 15) is 4.79 Å². The Morgan fingerprint density at radius 3 is 2.35 bits per heavy atom. The van der Waals surface area contributed by atoms with Gasteiger partial charge in [-0.25, -0.2) is 0 Å². The van der Waals surface area contributed by atoms with Crippen LogP contribution in [0.1, 0.15) is 46.2 Å². The highest BCUT2D eigenvalue weighted by Crippen LogP contribution is 2.16. The van der Waals surface area contributed by atoms with Crippen molar-refractivity contribution in [2.75, 3.05) is 0 Å². The SMILES string of the molecule is CCCc1ccc(C(=O)Cc2c(C)nn(C)c2C)cc1. The lowest BCUT2D eigenvalue weighted by Crippen LogP contribution is -2.05. The van der Waals surface area contributed by atoms with Gasteiger partial charge in [0.15, 0.2) is 5.78 Å². The number of carbonyl (C=O) groups is 1. The lowest BCUT2D eigenvalue weighted by atomic mass is 10.00. The molecule has 0 spiro atoms. The molecule has 2 aromatic rings. The van der Waals surface area contributed by atoms with Gasteiger partial charge in [0, 0.05) is 30.3 Å². The summed E-state index contributed by atoms with van der Waals surface area (Å²) in [5.74, 6) is 0.159. The van der Waals surface area contributed by atoms with E-state index in [1.54, 1.807) is 0 Å². The molecule has 0 aliphatic rings. The van der Waals surface area contributed by atoms with Gasteiger partial charge in [-0.05, 0) is 25.8 Å². The summed E-state index contributed by atoms with van der Waals surface area (Å²) in [6, 6.07) is 7.99. The topological polar surface area (TPSA) is 34.9 Å². The molecule has 0 unspecified atom stereocenters. The summed E-state index contributed by atoms with van der Waals surface area (Å²) in [5.41, 5.74) is 5.14. The van der Waals surface area contributed by atoms with Crippen molar-refractivity contribution < 1.29 is 4.79 Å². The third-order valence-corrected chi connectivity index (χ3v) is 3.81. The zero-order valence-corrected chi connectivity index (χ0v) is 12.7. The number of ketones is 1. The van der Waals surface area contributed by atoms with Crippen molar-refractivity contribution in [3.8, 4) is 0 Å². The number of nitrogens with zero attached hydrogens (tertiary/aromatic N) is 2. The summed E-state index contributed by atoms with van der Waals surface area (Å²) in [7, 11) is 1.91. The maximum atomic E-state index is 12.4. The molecule has 0 atom stereocenters. The fourth-order valence-electron chi connectivity index (χ4n) is 2.48. The molecule has 0 fully saturated rings. The number of hydrogen-bond acceptors (Lipinski definition) is 2. The third kappa shape index (κ3) is 2.98. The Balaban J connectivity index is 2.15. The Morgan fingerprint density at radius 1 is 1.20 bits per heavy atom. The summed E-state index contributed by atoms with van der Waals surface area (Å²) in [6.07, 6.45) is 2.62. The van der Waals surface area contributed by atoms with Crippen molar-refractivity contribution in [2.24, 2.45) is 7.05 Å². The van der Waals surface area contributed by atoms with Gasteiger partial charge in [0.05, 0.1) is 5.69 Å². The maximum absolute atomic E-state index is 12.4. The van der Waals surface area contributed by atoms with E-state index in [1.165, 1.54) is 5.56 Å². The molecule has 0 aliphatic carbocycles. The molecule has 0 bridgehead atoms. The number of aryl methyl sites for hydroxylation is 3. The molecule has 0 N–H and O–H groups in total. The summed E-state index contributed by atoms with van der Waals surface area (Å²) in [5, 5.41) is 4.36. The minimum atomic E-state index is 0.159. The van der Waals surface area contributed by atoms with Crippen LogP contribution in [0.5, 0.6) is 0 Å². The normalized spacial score (nSPS) is 10.8. The van der Waals surface area contributed by atoms with Crippen LogP contribution in [-0.4, -0.2) is 15.6 Å². The van der Waals surface area contributed by atoms with Crippen molar-refractivity contribution >= 4 is 5.78 Å². The lowest BCUT2D eigenvalue weighted by molar-refractivity contribution is 0.0992. The van der Waals surface area contributed by atoms with Crippen LogP contribution in [0.4, 0.5) is 0 Å². The number of aromatic nitrogens is 2. The van der Waals surface area contributed by atoms with Gasteiger partial charge in [-0.1, -0.05) is 37.6 Å². The number of Topliss-reactive ketones (excluding diaryl/α,β-unsaturated/α-hetero) is 1. The predicted molar refractivity (Wildman–Crippen MR) is 81.2 cm³/mol. The Morgan fingerprint density at radius 2 is 1.85 bits per heavy atom. The number of rotatable bonds is 5. The molecule has 2 rings (SSSR count). The second-order valence-electron chi connectivity index (χ2n) is 5.32. The Labute approximate surface area is 120 Å². The fourth-order valence-corrected chi connectivity index (χ4v) is 2.48. The molecular weight excluding hydrogens is 248 g/mol. The second-order valence-corrected chi connectivity index (χ2v) is 5.32. The van der Waals surface area contributed by atoms with Crippen LogP contribution in [0.3, 0.4) is 0 Å². The van der Waals surface area contributed by atoms with Gasteiger partial charge >= 0.3 is 0 Å². The molecule has 20 heavy (non-hydrogen) atoms. The number of hydrogen-bond donors (Lipinski definition) is 0. The van der Waals surface area contributed by atoms with Gasteiger partial charge in [-0.3, -0.25) is 9.48 Å². The summed E-state index contributed by atoms with van der Waals surface area (Å²) < 4.78 is 1.84. The zero-order chi connectivity index (χ0) is 14.7. The summed E-state index contributed by atoms with van der Waals surface area (Å²) in [4.78, 5) is 12.4. The molecule has 0 amide bonds. The van der Waals surface area contributed by atoms with Gasteiger partial charge in [0.1, 0.15) is 0 Å². The van der Waals surface area contributed by atoms with Crippen molar-refractivity contribution in [3.63, 3.8) is 0 Å². The highest BCUT2D eigenvalue weighted by molar-refractivity contribution is 5.97. The third-order valence-electron chi connectivity index (χ3n) is 3.81. The molecular formula is C17H22N2O. The average molecular weight is 270 g/mol. The molecule has 1 aromatic carbocycles. The minimum absolute atomic E-state index is 0.159. The minimum Gasteiger partial charge on any atom is -0.294 e. The van der Waals surface area contributed by atoms with Gasteiger partial charge in [0.25, 0.3) is 0 Å². The molecule has 106 valence electrons.